The highest BCUT2D eigenvalue weighted by Gasteiger charge is 2.50. The van der Waals surface area contributed by atoms with E-state index in [0.29, 0.717) is 11.9 Å². The number of carbonyl (C=O) groups is 1. The van der Waals surface area contributed by atoms with Crippen molar-refractivity contribution in [2.75, 3.05) is 13.1 Å². The number of amides is 1. The minimum absolute atomic E-state index is 0.110. The van der Waals surface area contributed by atoms with Gasteiger partial charge in [-0.3, -0.25) is 4.79 Å². The van der Waals surface area contributed by atoms with Gasteiger partial charge in [-0.2, -0.15) is 0 Å². The Bertz CT molecular complexity index is 519. The average molecular weight is 286 g/mol. The first-order valence-corrected chi connectivity index (χ1v) is 8.07. The number of hydrogen-bond acceptors (Lipinski definition) is 2. The highest BCUT2D eigenvalue weighted by Crippen LogP contribution is 2.46. The van der Waals surface area contributed by atoms with Crippen molar-refractivity contribution in [3.63, 3.8) is 0 Å². The zero-order valence-corrected chi connectivity index (χ0v) is 13.4. The molecule has 1 aromatic rings. The van der Waals surface area contributed by atoms with Crippen LogP contribution in [0.2, 0.25) is 0 Å². The molecule has 1 aliphatic carbocycles. The predicted molar refractivity (Wildman–Crippen MR) is 85.2 cm³/mol. The van der Waals surface area contributed by atoms with E-state index in [4.69, 9.17) is 0 Å². The van der Waals surface area contributed by atoms with Gasteiger partial charge < -0.3 is 10.2 Å². The molecule has 0 aromatic heterocycles. The van der Waals surface area contributed by atoms with Gasteiger partial charge in [0, 0.05) is 24.7 Å². The van der Waals surface area contributed by atoms with Gasteiger partial charge in [0.1, 0.15) is 0 Å². The summed E-state index contributed by atoms with van der Waals surface area (Å²) in [5, 5.41) is 3.49. The van der Waals surface area contributed by atoms with Crippen LogP contribution in [-0.4, -0.2) is 35.5 Å². The molecule has 0 radical (unpaired) electrons. The van der Waals surface area contributed by atoms with Gasteiger partial charge in [0.25, 0.3) is 0 Å². The fourth-order valence-electron chi connectivity index (χ4n) is 3.63. The van der Waals surface area contributed by atoms with Crippen LogP contribution in [0.25, 0.3) is 0 Å². The van der Waals surface area contributed by atoms with Gasteiger partial charge in [0.15, 0.2) is 0 Å². The summed E-state index contributed by atoms with van der Waals surface area (Å²) >= 11 is 0. The lowest BCUT2D eigenvalue weighted by Crippen LogP contribution is -2.66. The third kappa shape index (κ3) is 2.38. The molecule has 1 amide bonds. The first-order valence-electron chi connectivity index (χ1n) is 8.07. The molecule has 0 bridgehead atoms. The molecular weight excluding hydrogens is 260 g/mol. The van der Waals surface area contributed by atoms with E-state index in [0.717, 1.165) is 32.4 Å². The average Bonchev–Trinajstić information content (AvgIpc) is 2.41. The van der Waals surface area contributed by atoms with Crippen molar-refractivity contribution in [1.82, 2.24) is 10.2 Å². The zero-order valence-electron chi connectivity index (χ0n) is 13.4. The van der Waals surface area contributed by atoms with Crippen LogP contribution in [0.3, 0.4) is 0 Å². The molecule has 1 saturated carbocycles. The molecule has 3 heteroatoms. The normalized spacial score (nSPS) is 27.0. The molecule has 2 aliphatic rings. The van der Waals surface area contributed by atoms with Crippen LogP contribution in [0.5, 0.6) is 0 Å². The van der Waals surface area contributed by atoms with Crippen molar-refractivity contribution >= 4 is 5.91 Å². The second-order valence-electron chi connectivity index (χ2n) is 7.31. The molecule has 114 valence electrons. The fourth-order valence-corrected chi connectivity index (χ4v) is 3.63. The Hall–Kier alpha value is -1.35. The van der Waals surface area contributed by atoms with Crippen LogP contribution in [0, 0.1) is 0 Å². The number of nitrogens with one attached hydrogen (secondary N) is 1. The number of nitrogens with zero attached hydrogens (tertiary/aromatic N) is 1. The maximum atomic E-state index is 13.4. The summed E-state index contributed by atoms with van der Waals surface area (Å²) in [5.41, 5.74) is 0.819. The van der Waals surface area contributed by atoms with E-state index in [-0.39, 0.29) is 11.0 Å². The largest absolute Gasteiger partial charge is 0.334 e. The van der Waals surface area contributed by atoms with E-state index in [1.165, 1.54) is 5.56 Å². The Balaban J connectivity index is 1.92. The van der Waals surface area contributed by atoms with Gasteiger partial charge in [-0.25, -0.2) is 0 Å². The van der Waals surface area contributed by atoms with Gasteiger partial charge in [-0.15, -0.1) is 0 Å². The minimum Gasteiger partial charge on any atom is -0.334 e. The molecule has 1 saturated heterocycles. The van der Waals surface area contributed by atoms with E-state index < -0.39 is 0 Å². The maximum Gasteiger partial charge on any atom is 0.233 e. The second kappa shape index (κ2) is 5.13. The molecule has 21 heavy (non-hydrogen) atoms. The van der Waals surface area contributed by atoms with Gasteiger partial charge in [0.2, 0.25) is 5.91 Å². The first kappa shape index (κ1) is 14.6. The quantitative estimate of drug-likeness (QED) is 0.906. The summed E-state index contributed by atoms with van der Waals surface area (Å²) in [7, 11) is 0. The Morgan fingerprint density at radius 1 is 1.24 bits per heavy atom. The molecule has 1 unspecified atom stereocenters. The molecule has 3 rings (SSSR count). The molecule has 0 spiro atoms. The monoisotopic (exact) mass is 286 g/mol. The van der Waals surface area contributed by atoms with Crippen LogP contribution in [0.15, 0.2) is 30.3 Å². The zero-order chi connectivity index (χ0) is 15.1. The molecule has 2 fully saturated rings. The number of rotatable bonds is 2. The second-order valence-corrected chi connectivity index (χ2v) is 7.31. The van der Waals surface area contributed by atoms with Crippen LogP contribution >= 0.6 is 0 Å². The summed E-state index contributed by atoms with van der Waals surface area (Å²) in [6.45, 7) is 8.17. The highest BCUT2D eigenvalue weighted by atomic mass is 16.2. The lowest BCUT2D eigenvalue weighted by atomic mass is 9.63. The molecular formula is C18H26N2O. The Morgan fingerprint density at radius 2 is 1.90 bits per heavy atom. The lowest BCUT2D eigenvalue weighted by Gasteiger charge is -2.52. The topological polar surface area (TPSA) is 32.3 Å². The van der Waals surface area contributed by atoms with Crippen molar-refractivity contribution < 1.29 is 4.79 Å². The molecule has 1 heterocycles. The Morgan fingerprint density at radius 3 is 2.48 bits per heavy atom. The molecule has 3 nitrogen and oxygen atoms in total. The van der Waals surface area contributed by atoms with E-state index in [2.05, 4.69) is 43.1 Å². The third-order valence-corrected chi connectivity index (χ3v) is 5.26. The van der Waals surface area contributed by atoms with E-state index in [9.17, 15) is 4.79 Å². The number of carbonyl (C=O) groups excluding carboxylic acids is 1. The summed E-state index contributed by atoms with van der Waals surface area (Å²) in [4.78, 5) is 15.5. The van der Waals surface area contributed by atoms with E-state index in [1.807, 2.05) is 18.2 Å². The van der Waals surface area contributed by atoms with Crippen molar-refractivity contribution in [3.8, 4) is 0 Å². The van der Waals surface area contributed by atoms with Gasteiger partial charge in [0.05, 0.1) is 5.41 Å². The van der Waals surface area contributed by atoms with Gasteiger partial charge >= 0.3 is 0 Å². The summed E-state index contributed by atoms with van der Waals surface area (Å²) in [6.07, 6.45) is 3.14. The standard InChI is InChI=1S/C18H26N2O/c1-14-12-20(17(2,3)13-19-14)16(21)18(10-7-11-18)15-8-5-4-6-9-15/h4-6,8-9,14,19H,7,10-13H2,1-3H3. The summed E-state index contributed by atoms with van der Waals surface area (Å²) in [5.74, 6) is 0.332. The van der Waals surface area contributed by atoms with Crippen molar-refractivity contribution in [1.29, 1.82) is 0 Å². The van der Waals surface area contributed by atoms with E-state index >= 15 is 0 Å². The number of benzene rings is 1. The van der Waals surface area contributed by atoms with Crippen LogP contribution < -0.4 is 5.32 Å². The Labute approximate surface area is 127 Å². The third-order valence-electron chi connectivity index (χ3n) is 5.26. The minimum atomic E-state index is -0.268. The maximum absolute atomic E-state index is 13.4. The first-order chi connectivity index (χ1) is 9.96. The number of piperazine rings is 1. The van der Waals surface area contributed by atoms with Crippen molar-refractivity contribution in [3.05, 3.63) is 35.9 Å². The van der Waals surface area contributed by atoms with Crippen LogP contribution in [0.1, 0.15) is 45.6 Å². The van der Waals surface area contributed by atoms with E-state index in [1.54, 1.807) is 0 Å². The van der Waals surface area contributed by atoms with Crippen molar-refractivity contribution in [2.45, 2.75) is 57.0 Å². The molecule has 1 atom stereocenters. The highest BCUT2D eigenvalue weighted by molar-refractivity contribution is 5.90. The lowest BCUT2D eigenvalue weighted by molar-refractivity contribution is -0.148. The summed E-state index contributed by atoms with van der Waals surface area (Å²) < 4.78 is 0. The van der Waals surface area contributed by atoms with Gasteiger partial charge in [-0.1, -0.05) is 36.8 Å². The van der Waals surface area contributed by atoms with Crippen LogP contribution in [-0.2, 0) is 10.2 Å². The smallest absolute Gasteiger partial charge is 0.233 e. The summed E-state index contributed by atoms with van der Waals surface area (Å²) in [6, 6.07) is 10.7. The van der Waals surface area contributed by atoms with Gasteiger partial charge in [-0.05, 0) is 39.2 Å². The van der Waals surface area contributed by atoms with Crippen LogP contribution in [0.4, 0.5) is 0 Å². The molecule has 1 aliphatic heterocycles. The molecule has 1 N–H and O–H groups in total. The SMILES string of the molecule is CC1CN(C(=O)C2(c3ccccc3)CCC2)C(C)(C)CN1. The van der Waals surface area contributed by atoms with Crippen molar-refractivity contribution in [2.24, 2.45) is 0 Å². The number of hydrogen-bond donors (Lipinski definition) is 1. The fraction of sp³-hybridized carbons (Fsp3) is 0.611. The molecule has 1 aromatic carbocycles. The predicted octanol–water partition coefficient (Wildman–Crippen LogP) is 2.71. The Kier molecular flexibility index (Phi) is 3.56.